The Balaban J connectivity index is 1.51. The van der Waals surface area contributed by atoms with E-state index in [0.717, 1.165) is 0 Å². The minimum atomic E-state index is -2.02. The highest BCUT2D eigenvalue weighted by Crippen LogP contribution is 2.34. The Kier molecular flexibility index (Phi) is 12.3. The molecule has 0 saturated carbocycles. The fourth-order valence-electron chi connectivity index (χ4n) is 5.48. The molecule has 44 heavy (non-hydrogen) atoms. The topological polar surface area (TPSA) is 328 Å². The molecule has 20 nitrogen and oxygen atoms in total. The lowest BCUT2D eigenvalue weighted by Gasteiger charge is -2.49. The van der Waals surface area contributed by atoms with Gasteiger partial charge in [0.2, 0.25) is 0 Å². The van der Waals surface area contributed by atoms with Gasteiger partial charge in [0.1, 0.15) is 91.6 Å². The zero-order valence-corrected chi connectivity index (χ0v) is 23.3. The van der Waals surface area contributed by atoms with E-state index in [1.54, 1.807) is 0 Å². The van der Waals surface area contributed by atoms with E-state index in [0.29, 0.717) is 0 Å². The number of rotatable bonds is 9. The molecule has 4 fully saturated rings. The first-order valence-electron chi connectivity index (χ1n) is 14.0. The second-order valence-corrected chi connectivity index (χ2v) is 11.1. The largest absolute Gasteiger partial charge is 0.394 e. The van der Waals surface area contributed by atoms with Gasteiger partial charge in [-0.15, -0.1) is 0 Å². The molecule has 0 spiro atoms. The lowest BCUT2D eigenvalue weighted by Crippen LogP contribution is -2.67. The molecule has 20 heteroatoms. The van der Waals surface area contributed by atoms with Gasteiger partial charge in [-0.25, -0.2) is 0 Å². The predicted molar refractivity (Wildman–Crippen MR) is 132 cm³/mol. The summed E-state index contributed by atoms with van der Waals surface area (Å²) in [6.45, 7) is -1.17. The van der Waals surface area contributed by atoms with Crippen LogP contribution < -0.4 is 0 Å². The highest BCUT2D eigenvalue weighted by molar-refractivity contribution is 4.97. The van der Waals surface area contributed by atoms with Gasteiger partial charge in [0.05, 0.1) is 25.9 Å². The molecule has 0 aliphatic carbocycles. The van der Waals surface area contributed by atoms with Crippen LogP contribution in [0.1, 0.15) is 6.92 Å². The maximum Gasteiger partial charge on any atom is 0.187 e. The van der Waals surface area contributed by atoms with Gasteiger partial charge in [-0.3, -0.25) is 0 Å². The van der Waals surface area contributed by atoms with Gasteiger partial charge in [-0.05, 0) is 6.92 Å². The normalized spacial score (nSPS) is 53.9. The van der Waals surface area contributed by atoms with E-state index >= 15 is 0 Å². The van der Waals surface area contributed by atoms with Crippen molar-refractivity contribution in [1.82, 2.24) is 0 Å². The summed E-state index contributed by atoms with van der Waals surface area (Å²) in [4.78, 5) is 0. The average Bonchev–Trinajstić information content (AvgIpc) is 3.01. The number of aliphatic hydroxyl groups is 13. The summed E-state index contributed by atoms with van der Waals surface area (Å²) in [5.74, 6) is 0. The molecule has 0 bridgehead atoms. The molecule has 4 saturated heterocycles. The summed E-state index contributed by atoms with van der Waals surface area (Å²) >= 11 is 0. The molecule has 20 atom stereocenters. The van der Waals surface area contributed by atoms with Gasteiger partial charge in [-0.2, -0.15) is 0 Å². The van der Waals surface area contributed by atoms with E-state index in [1.807, 2.05) is 0 Å². The van der Waals surface area contributed by atoms with Gasteiger partial charge >= 0.3 is 0 Å². The molecule has 0 radical (unpaired) electrons. The molecule has 1 unspecified atom stereocenters. The highest BCUT2D eigenvalue weighted by atomic mass is 16.8. The molecule has 4 heterocycles. The fourth-order valence-corrected chi connectivity index (χ4v) is 5.48. The van der Waals surface area contributed by atoms with Crippen molar-refractivity contribution in [1.29, 1.82) is 0 Å². The number of ether oxygens (including phenoxy) is 7. The minimum absolute atomic E-state index is 0.781. The van der Waals surface area contributed by atoms with E-state index in [1.165, 1.54) is 6.92 Å². The van der Waals surface area contributed by atoms with Crippen molar-refractivity contribution >= 4 is 0 Å². The Hall–Kier alpha value is -0.800. The minimum Gasteiger partial charge on any atom is -0.394 e. The summed E-state index contributed by atoms with van der Waals surface area (Å²) in [5, 5.41) is 133. The van der Waals surface area contributed by atoms with E-state index < -0.39 is 143 Å². The predicted octanol–water partition coefficient (Wildman–Crippen LogP) is -8.72. The standard InChI is InChI=1S/C24H42O20/c1-5-9(28)11(30)14(33)22(38-5)44-20-17(36)21(37)39-8(4-27)19(20)43-24-16(35)13(32)18(7(3-26)41-24)42-23-15(34)12(31)10(29)6(2-25)40-23/h5-37H,2-4H2,1H3/t5-,6+,7+,8+,9+,10-,11+,12-,13+,14-,15+,16+,17+,18-,19+,20+,21?,22-,23+,24-/m0/s1. The van der Waals surface area contributed by atoms with Crippen molar-refractivity contribution in [2.45, 2.75) is 130 Å². The van der Waals surface area contributed by atoms with Crippen LogP contribution in [0.3, 0.4) is 0 Å². The number of aliphatic hydroxyl groups excluding tert-OH is 13. The van der Waals surface area contributed by atoms with Crippen molar-refractivity contribution in [3.8, 4) is 0 Å². The molecule has 0 aromatic carbocycles. The second kappa shape index (κ2) is 15.0. The second-order valence-electron chi connectivity index (χ2n) is 11.1. The molecular formula is C24H42O20. The van der Waals surface area contributed by atoms with Crippen molar-refractivity contribution in [3.63, 3.8) is 0 Å². The smallest absolute Gasteiger partial charge is 0.187 e. The van der Waals surface area contributed by atoms with Gasteiger partial charge in [-0.1, -0.05) is 0 Å². The van der Waals surface area contributed by atoms with E-state index in [9.17, 15) is 66.4 Å². The zero-order valence-electron chi connectivity index (χ0n) is 23.3. The Labute approximate surface area is 249 Å². The van der Waals surface area contributed by atoms with Crippen LogP contribution in [0.4, 0.5) is 0 Å². The lowest BCUT2D eigenvalue weighted by molar-refractivity contribution is -0.391. The Bertz CT molecular complexity index is 898. The van der Waals surface area contributed by atoms with Crippen LogP contribution in [0.2, 0.25) is 0 Å². The Morgan fingerprint density at radius 3 is 1.41 bits per heavy atom. The first kappa shape index (κ1) is 36.0. The summed E-state index contributed by atoms with van der Waals surface area (Å²) in [5.41, 5.74) is 0. The van der Waals surface area contributed by atoms with Gasteiger partial charge in [0.15, 0.2) is 25.2 Å². The van der Waals surface area contributed by atoms with E-state index in [-0.39, 0.29) is 0 Å². The first-order valence-corrected chi connectivity index (χ1v) is 14.0. The molecule has 0 amide bonds. The number of hydrogen-bond acceptors (Lipinski definition) is 20. The van der Waals surface area contributed by atoms with Crippen LogP contribution in [-0.4, -0.2) is 209 Å². The van der Waals surface area contributed by atoms with Gasteiger partial charge in [0.25, 0.3) is 0 Å². The molecule has 0 aromatic rings. The van der Waals surface area contributed by atoms with E-state index in [4.69, 9.17) is 33.2 Å². The fraction of sp³-hybridized carbons (Fsp3) is 1.00. The van der Waals surface area contributed by atoms with Crippen LogP contribution in [0, 0.1) is 0 Å². The first-order chi connectivity index (χ1) is 20.7. The monoisotopic (exact) mass is 650 g/mol. The highest BCUT2D eigenvalue weighted by Gasteiger charge is 2.55. The summed E-state index contributed by atoms with van der Waals surface area (Å²) in [7, 11) is 0. The lowest BCUT2D eigenvalue weighted by atomic mass is 9.95. The molecule has 4 aliphatic rings. The van der Waals surface area contributed by atoms with Crippen molar-refractivity contribution in [3.05, 3.63) is 0 Å². The van der Waals surface area contributed by atoms with Crippen LogP contribution in [0.5, 0.6) is 0 Å². The van der Waals surface area contributed by atoms with Crippen LogP contribution in [-0.2, 0) is 33.2 Å². The van der Waals surface area contributed by atoms with Gasteiger partial charge < -0.3 is 99.5 Å². The third kappa shape index (κ3) is 7.05. The summed E-state index contributed by atoms with van der Waals surface area (Å²) in [6.07, 6.45) is -34.2. The van der Waals surface area contributed by atoms with Crippen LogP contribution in [0.15, 0.2) is 0 Å². The average molecular weight is 651 g/mol. The van der Waals surface area contributed by atoms with Crippen molar-refractivity contribution in [2.75, 3.05) is 19.8 Å². The SMILES string of the molecule is C[C@@H]1O[C@@H](O[C@H]2[C@H](O[C@@H]3O[C@H](CO)[C@H](O[C@H]4O[C@H](CO)[C@H](O)[C@H](O)[C@H]4O)[C@H](O)[C@H]3O)[C@@H](CO)OC(O)[C@@H]2O)[C@@H](O)[C@H](O)[C@@H]1O. The Morgan fingerprint density at radius 2 is 0.841 bits per heavy atom. The van der Waals surface area contributed by atoms with E-state index in [2.05, 4.69) is 0 Å². The summed E-state index contributed by atoms with van der Waals surface area (Å²) < 4.78 is 38.3. The number of hydrogen-bond donors (Lipinski definition) is 13. The zero-order chi connectivity index (χ0) is 32.6. The third-order valence-electron chi connectivity index (χ3n) is 8.16. The molecular weight excluding hydrogens is 608 g/mol. The van der Waals surface area contributed by atoms with Crippen molar-refractivity contribution < 1.29 is 99.5 Å². The van der Waals surface area contributed by atoms with Gasteiger partial charge in [0, 0.05) is 0 Å². The van der Waals surface area contributed by atoms with Crippen LogP contribution in [0.25, 0.3) is 0 Å². The molecule has 13 N–H and O–H groups in total. The third-order valence-corrected chi connectivity index (χ3v) is 8.16. The maximum atomic E-state index is 10.9. The Morgan fingerprint density at radius 1 is 0.409 bits per heavy atom. The summed E-state index contributed by atoms with van der Waals surface area (Å²) in [6, 6.07) is 0. The molecule has 258 valence electrons. The molecule has 0 aromatic heterocycles. The molecule has 4 aliphatic heterocycles. The maximum absolute atomic E-state index is 10.9. The quantitative estimate of drug-likeness (QED) is 0.110. The van der Waals surface area contributed by atoms with Crippen LogP contribution >= 0.6 is 0 Å². The van der Waals surface area contributed by atoms with Crippen molar-refractivity contribution in [2.24, 2.45) is 0 Å². The molecule has 4 rings (SSSR count).